The molecule has 0 fully saturated rings. The number of nitro benzene ring substituents is 2. The second-order valence-electron chi connectivity index (χ2n) is 4.79. The second-order valence-corrected chi connectivity index (χ2v) is 4.79. The molecule has 0 heterocycles. The molecule has 0 radical (unpaired) electrons. The van der Waals surface area contributed by atoms with Crippen molar-refractivity contribution in [1.29, 1.82) is 0 Å². The number of hydrogen-bond acceptors (Lipinski definition) is 8. The molecular formula is C15H10N2O9. The van der Waals surface area contributed by atoms with E-state index in [4.69, 9.17) is 14.6 Å². The summed E-state index contributed by atoms with van der Waals surface area (Å²) in [6.45, 7) is 0. The molecule has 0 bridgehead atoms. The highest BCUT2D eigenvalue weighted by molar-refractivity contribution is 5.90. The summed E-state index contributed by atoms with van der Waals surface area (Å²) in [5, 5.41) is 31.5. The Morgan fingerprint density at radius 3 is 2.08 bits per heavy atom. The van der Waals surface area contributed by atoms with Crippen LogP contribution in [0.4, 0.5) is 11.4 Å². The molecule has 0 atom stereocenters. The summed E-state index contributed by atoms with van der Waals surface area (Å²) in [6, 6.07) is 5.17. The number of hydrogen-bond donors (Lipinski definition) is 1. The van der Waals surface area contributed by atoms with Crippen molar-refractivity contribution in [1.82, 2.24) is 0 Å². The Morgan fingerprint density at radius 2 is 1.65 bits per heavy atom. The van der Waals surface area contributed by atoms with Crippen LogP contribution in [0.1, 0.15) is 20.7 Å². The van der Waals surface area contributed by atoms with Gasteiger partial charge in [-0.1, -0.05) is 0 Å². The maximum absolute atomic E-state index is 11.3. The van der Waals surface area contributed by atoms with E-state index in [0.717, 1.165) is 0 Å². The van der Waals surface area contributed by atoms with Crippen LogP contribution in [0.2, 0.25) is 0 Å². The fourth-order valence-electron chi connectivity index (χ4n) is 2.05. The number of carbonyl (C=O) groups excluding carboxylic acids is 1. The molecule has 0 saturated carbocycles. The highest BCUT2D eigenvalue weighted by Gasteiger charge is 2.31. The summed E-state index contributed by atoms with van der Waals surface area (Å²) in [4.78, 5) is 42.5. The number of carbonyl (C=O) groups is 2. The summed E-state index contributed by atoms with van der Waals surface area (Å²) in [7, 11) is 1.26. The molecule has 2 aromatic rings. The third kappa shape index (κ3) is 3.56. The van der Waals surface area contributed by atoms with Crippen LogP contribution in [-0.4, -0.2) is 34.3 Å². The molecule has 0 unspecified atom stereocenters. The van der Waals surface area contributed by atoms with Gasteiger partial charge in [0.1, 0.15) is 6.29 Å². The van der Waals surface area contributed by atoms with Crippen LogP contribution in [0.3, 0.4) is 0 Å². The van der Waals surface area contributed by atoms with Crippen molar-refractivity contribution in [2.45, 2.75) is 0 Å². The van der Waals surface area contributed by atoms with Crippen molar-refractivity contribution in [3.63, 3.8) is 0 Å². The van der Waals surface area contributed by atoms with Gasteiger partial charge < -0.3 is 14.6 Å². The summed E-state index contributed by atoms with van der Waals surface area (Å²) >= 11 is 0. The van der Waals surface area contributed by atoms with Gasteiger partial charge in [0.25, 0.3) is 5.75 Å². The lowest BCUT2D eigenvalue weighted by molar-refractivity contribution is -0.395. The SMILES string of the molecule is COc1ccc(C=O)cc1Oc1c([N+](=O)[O-])cc(C(=O)O)cc1[N+](=O)[O-]. The van der Waals surface area contributed by atoms with Gasteiger partial charge in [-0.15, -0.1) is 0 Å². The van der Waals surface area contributed by atoms with Crippen LogP contribution in [0.15, 0.2) is 30.3 Å². The van der Waals surface area contributed by atoms with Gasteiger partial charge in [0.2, 0.25) is 0 Å². The molecule has 2 aromatic carbocycles. The summed E-state index contributed by atoms with van der Waals surface area (Å²) in [5.41, 5.74) is -2.36. The Kier molecular flexibility index (Phi) is 5.11. The quantitative estimate of drug-likeness (QED) is 0.443. The lowest BCUT2D eigenvalue weighted by atomic mass is 10.1. The van der Waals surface area contributed by atoms with Crippen molar-refractivity contribution in [3.8, 4) is 17.2 Å². The first kappa shape index (κ1) is 18.3. The Balaban J connectivity index is 2.72. The predicted molar refractivity (Wildman–Crippen MR) is 85.2 cm³/mol. The minimum absolute atomic E-state index is 0.0570. The topological polar surface area (TPSA) is 159 Å². The number of ether oxygens (including phenoxy) is 2. The lowest BCUT2D eigenvalue weighted by Crippen LogP contribution is -2.04. The Hall–Kier alpha value is -4.02. The van der Waals surface area contributed by atoms with Crippen LogP contribution in [0.25, 0.3) is 0 Å². The average molecular weight is 362 g/mol. The maximum atomic E-state index is 11.3. The second kappa shape index (κ2) is 7.25. The monoisotopic (exact) mass is 362 g/mol. The fraction of sp³-hybridized carbons (Fsp3) is 0.0667. The van der Waals surface area contributed by atoms with E-state index < -0.39 is 38.5 Å². The highest BCUT2D eigenvalue weighted by atomic mass is 16.6. The Bertz CT molecular complexity index is 888. The molecule has 26 heavy (non-hydrogen) atoms. The van der Waals surface area contributed by atoms with E-state index in [1.165, 1.54) is 25.3 Å². The van der Waals surface area contributed by atoms with Gasteiger partial charge in [-0.05, 0) is 18.2 Å². The predicted octanol–water partition coefficient (Wildman–Crippen LogP) is 2.81. The third-order valence-corrected chi connectivity index (χ3v) is 3.23. The molecule has 0 saturated heterocycles. The number of benzene rings is 2. The zero-order valence-electron chi connectivity index (χ0n) is 13.1. The Labute approximate surface area is 144 Å². The van der Waals surface area contributed by atoms with E-state index in [0.29, 0.717) is 18.4 Å². The van der Waals surface area contributed by atoms with Gasteiger partial charge >= 0.3 is 17.3 Å². The molecule has 0 aliphatic carbocycles. The Morgan fingerprint density at radius 1 is 1.08 bits per heavy atom. The van der Waals surface area contributed by atoms with Crippen LogP contribution < -0.4 is 9.47 Å². The summed E-state index contributed by atoms with van der Waals surface area (Å²) in [5.74, 6) is -2.50. The molecule has 1 N–H and O–H groups in total. The zero-order chi connectivity index (χ0) is 19.4. The normalized spacial score (nSPS) is 10.0. The van der Waals surface area contributed by atoms with Crippen LogP contribution >= 0.6 is 0 Å². The van der Waals surface area contributed by atoms with Gasteiger partial charge in [0.15, 0.2) is 11.5 Å². The molecule has 0 amide bonds. The van der Waals surface area contributed by atoms with Gasteiger partial charge in [-0.2, -0.15) is 0 Å². The van der Waals surface area contributed by atoms with E-state index in [1.807, 2.05) is 0 Å². The van der Waals surface area contributed by atoms with E-state index in [2.05, 4.69) is 0 Å². The van der Waals surface area contributed by atoms with Crippen molar-refractivity contribution >= 4 is 23.6 Å². The van der Waals surface area contributed by atoms with E-state index >= 15 is 0 Å². The minimum atomic E-state index is -1.58. The van der Waals surface area contributed by atoms with Gasteiger partial charge in [-0.25, -0.2) is 4.79 Å². The van der Waals surface area contributed by atoms with Crippen molar-refractivity contribution < 1.29 is 34.0 Å². The molecule has 134 valence electrons. The van der Waals surface area contributed by atoms with Crippen LogP contribution in [0, 0.1) is 20.2 Å². The largest absolute Gasteiger partial charge is 0.493 e. The highest BCUT2D eigenvalue weighted by Crippen LogP contribution is 2.43. The number of carboxylic acid groups (broad SMARTS) is 1. The molecule has 2 rings (SSSR count). The van der Waals surface area contributed by atoms with Crippen LogP contribution in [0.5, 0.6) is 17.2 Å². The standard InChI is InChI=1S/C15H10N2O9/c1-25-12-3-2-8(7-18)4-13(12)26-14-10(16(21)22)5-9(15(19)20)6-11(14)17(23)24/h2-7H,1H3,(H,19,20). The van der Waals surface area contributed by atoms with E-state index in [1.54, 1.807) is 0 Å². The average Bonchev–Trinajstić information content (AvgIpc) is 2.60. The summed E-state index contributed by atoms with van der Waals surface area (Å²) < 4.78 is 10.3. The van der Waals surface area contributed by atoms with Gasteiger partial charge in [0, 0.05) is 17.7 Å². The zero-order valence-corrected chi connectivity index (χ0v) is 13.1. The van der Waals surface area contributed by atoms with Gasteiger partial charge in [0.05, 0.1) is 22.5 Å². The smallest absolute Gasteiger partial charge is 0.336 e. The van der Waals surface area contributed by atoms with Crippen LogP contribution in [-0.2, 0) is 0 Å². The molecule has 0 aliphatic rings. The molecular weight excluding hydrogens is 352 g/mol. The van der Waals surface area contributed by atoms with Crippen molar-refractivity contribution in [3.05, 3.63) is 61.7 Å². The molecule has 0 spiro atoms. The number of rotatable bonds is 7. The molecule has 11 heteroatoms. The molecule has 11 nitrogen and oxygen atoms in total. The number of nitro groups is 2. The number of aromatic carboxylic acids is 1. The number of nitrogens with zero attached hydrogens (tertiary/aromatic N) is 2. The lowest BCUT2D eigenvalue weighted by Gasteiger charge is -2.11. The first-order valence-corrected chi connectivity index (χ1v) is 6.79. The maximum Gasteiger partial charge on any atom is 0.336 e. The number of aldehydes is 1. The van der Waals surface area contributed by atoms with Crippen molar-refractivity contribution in [2.24, 2.45) is 0 Å². The first-order chi connectivity index (χ1) is 12.3. The molecule has 0 aromatic heterocycles. The number of methoxy groups -OCH3 is 1. The van der Waals surface area contributed by atoms with E-state index in [9.17, 15) is 29.8 Å². The minimum Gasteiger partial charge on any atom is -0.493 e. The first-order valence-electron chi connectivity index (χ1n) is 6.79. The summed E-state index contributed by atoms with van der Waals surface area (Å²) in [6.07, 6.45) is 0.475. The van der Waals surface area contributed by atoms with E-state index in [-0.39, 0.29) is 17.1 Å². The number of carboxylic acids is 1. The molecule has 0 aliphatic heterocycles. The third-order valence-electron chi connectivity index (χ3n) is 3.23. The fourth-order valence-corrected chi connectivity index (χ4v) is 2.05. The van der Waals surface area contributed by atoms with Crippen molar-refractivity contribution in [2.75, 3.05) is 7.11 Å². The van der Waals surface area contributed by atoms with Gasteiger partial charge in [-0.3, -0.25) is 25.0 Å².